The van der Waals surface area contributed by atoms with Crippen molar-refractivity contribution in [3.05, 3.63) is 65.6 Å². The Balaban J connectivity index is 1.70. The lowest BCUT2D eigenvalue weighted by Gasteiger charge is -2.04. The van der Waals surface area contributed by atoms with Gasteiger partial charge in [-0.1, -0.05) is 30.3 Å². The van der Waals surface area contributed by atoms with Gasteiger partial charge in [0.1, 0.15) is 5.76 Å². The molecule has 2 aromatic rings. The van der Waals surface area contributed by atoms with Gasteiger partial charge in [0.2, 0.25) is 0 Å². The van der Waals surface area contributed by atoms with Crippen molar-refractivity contribution in [1.82, 2.24) is 5.32 Å². The van der Waals surface area contributed by atoms with Crippen LogP contribution in [0, 0.1) is 0 Å². The number of hydrogen-bond donors (Lipinski definition) is 1. The van der Waals surface area contributed by atoms with Crippen LogP contribution in [-0.4, -0.2) is 13.7 Å². The maximum atomic E-state index is 5.21. The first-order valence-electron chi connectivity index (χ1n) is 6.36. The molecule has 0 unspecified atom stereocenters. The highest BCUT2D eigenvalue weighted by molar-refractivity contribution is 5.42. The highest BCUT2D eigenvalue weighted by Crippen LogP contribution is 2.05. The normalized spacial score (nSPS) is 11.2. The summed E-state index contributed by atoms with van der Waals surface area (Å²) >= 11 is 0. The summed E-state index contributed by atoms with van der Waals surface area (Å²) in [5.74, 6) is 0.880. The molecular formula is C16H19NO2. The monoisotopic (exact) mass is 257 g/mol. The molecule has 0 saturated carbocycles. The van der Waals surface area contributed by atoms with E-state index in [9.17, 15) is 0 Å². The first kappa shape index (κ1) is 13.6. The molecule has 3 heteroatoms. The molecule has 0 atom stereocenters. The van der Waals surface area contributed by atoms with Crippen LogP contribution in [0.5, 0.6) is 0 Å². The van der Waals surface area contributed by atoms with Crippen LogP contribution >= 0.6 is 0 Å². The molecule has 0 saturated heterocycles. The molecule has 1 aromatic heterocycles. The van der Waals surface area contributed by atoms with Crippen LogP contribution in [0.4, 0.5) is 0 Å². The second kappa shape index (κ2) is 7.56. The van der Waals surface area contributed by atoms with Gasteiger partial charge in [-0.25, -0.2) is 0 Å². The van der Waals surface area contributed by atoms with E-state index in [4.69, 9.17) is 9.15 Å². The van der Waals surface area contributed by atoms with E-state index in [1.165, 1.54) is 11.1 Å². The Labute approximate surface area is 113 Å². The highest BCUT2D eigenvalue weighted by Gasteiger charge is 1.94. The minimum Gasteiger partial charge on any atom is -0.465 e. The van der Waals surface area contributed by atoms with Gasteiger partial charge in [-0.05, 0) is 29.3 Å². The van der Waals surface area contributed by atoms with Crippen molar-refractivity contribution in [1.29, 1.82) is 0 Å². The van der Waals surface area contributed by atoms with Gasteiger partial charge in [-0.3, -0.25) is 0 Å². The molecule has 1 aromatic carbocycles. The van der Waals surface area contributed by atoms with Crippen molar-refractivity contribution in [3.8, 4) is 0 Å². The van der Waals surface area contributed by atoms with E-state index in [1.54, 1.807) is 13.4 Å². The van der Waals surface area contributed by atoms with Gasteiger partial charge in [0.15, 0.2) is 0 Å². The van der Waals surface area contributed by atoms with E-state index in [0.29, 0.717) is 6.61 Å². The Kier molecular flexibility index (Phi) is 5.41. The van der Waals surface area contributed by atoms with Gasteiger partial charge in [0.05, 0.1) is 12.9 Å². The van der Waals surface area contributed by atoms with Gasteiger partial charge >= 0.3 is 0 Å². The Bertz CT molecular complexity index is 486. The van der Waals surface area contributed by atoms with E-state index in [1.807, 2.05) is 18.2 Å². The van der Waals surface area contributed by atoms with Gasteiger partial charge in [-0.2, -0.15) is 0 Å². The average Bonchev–Trinajstić information content (AvgIpc) is 2.94. The Morgan fingerprint density at radius 2 is 1.95 bits per heavy atom. The molecule has 3 nitrogen and oxygen atoms in total. The van der Waals surface area contributed by atoms with Crippen LogP contribution in [0.3, 0.4) is 0 Å². The van der Waals surface area contributed by atoms with Crippen molar-refractivity contribution in [2.24, 2.45) is 0 Å². The van der Waals surface area contributed by atoms with E-state index < -0.39 is 0 Å². The smallest absolute Gasteiger partial charge is 0.126 e. The molecule has 0 aliphatic carbocycles. The summed E-state index contributed by atoms with van der Waals surface area (Å²) in [6.07, 6.45) is 5.70. The lowest BCUT2D eigenvalue weighted by Crippen LogP contribution is -2.12. The fraction of sp³-hybridized carbons (Fsp3) is 0.250. The summed E-state index contributed by atoms with van der Waals surface area (Å²) in [4.78, 5) is 0. The molecule has 100 valence electrons. The molecule has 1 heterocycles. The number of methoxy groups -OCH3 is 1. The third kappa shape index (κ3) is 4.73. The maximum Gasteiger partial charge on any atom is 0.126 e. The lowest BCUT2D eigenvalue weighted by atomic mass is 10.1. The van der Waals surface area contributed by atoms with Crippen molar-refractivity contribution < 1.29 is 9.15 Å². The zero-order chi connectivity index (χ0) is 13.3. The predicted molar refractivity (Wildman–Crippen MR) is 76.6 cm³/mol. The molecule has 0 fully saturated rings. The van der Waals surface area contributed by atoms with Gasteiger partial charge in [-0.15, -0.1) is 0 Å². The zero-order valence-electron chi connectivity index (χ0n) is 11.1. The third-order valence-electron chi connectivity index (χ3n) is 2.75. The van der Waals surface area contributed by atoms with Gasteiger partial charge in [0.25, 0.3) is 0 Å². The lowest BCUT2D eigenvalue weighted by molar-refractivity contribution is 0.185. The molecule has 0 aliphatic heterocycles. The van der Waals surface area contributed by atoms with Crippen LogP contribution in [0.2, 0.25) is 0 Å². The van der Waals surface area contributed by atoms with Crippen LogP contribution in [0.15, 0.2) is 53.2 Å². The van der Waals surface area contributed by atoms with E-state index in [-0.39, 0.29) is 0 Å². The predicted octanol–water partition coefficient (Wildman–Crippen LogP) is 3.23. The second-order valence-corrected chi connectivity index (χ2v) is 4.30. The minimum atomic E-state index is 0.666. The Hall–Kier alpha value is -1.84. The van der Waals surface area contributed by atoms with E-state index >= 15 is 0 Å². The molecule has 1 N–H and O–H groups in total. The molecule has 0 bridgehead atoms. The van der Waals surface area contributed by atoms with Crippen molar-refractivity contribution in [2.75, 3.05) is 13.7 Å². The second-order valence-electron chi connectivity index (χ2n) is 4.30. The topological polar surface area (TPSA) is 34.4 Å². The first-order chi connectivity index (χ1) is 9.38. The summed E-state index contributed by atoms with van der Waals surface area (Å²) in [5.41, 5.74) is 2.47. The van der Waals surface area contributed by atoms with Crippen LogP contribution in [0.25, 0.3) is 6.08 Å². The largest absolute Gasteiger partial charge is 0.465 e. The minimum absolute atomic E-state index is 0.666. The summed E-state index contributed by atoms with van der Waals surface area (Å²) in [6.45, 7) is 2.34. The summed E-state index contributed by atoms with van der Waals surface area (Å²) in [5, 5.41) is 3.36. The Morgan fingerprint density at radius 1 is 1.16 bits per heavy atom. The quantitative estimate of drug-likeness (QED) is 0.773. The molecule has 19 heavy (non-hydrogen) atoms. The number of furan rings is 1. The zero-order valence-corrected chi connectivity index (χ0v) is 11.1. The molecule has 0 aliphatic rings. The number of nitrogens with one attached hydrogen (secondary N) is 1. The van der Waals surface area contributed by atoms with Gasteiger partial charge in [0, 0.05) is 20.2 Å². The Morgan fingerprint density at radius 3 is 2.63 bits per heavy atom. The number of hydrogen-bond acceptors (Lipinski definition) is 3. The molecule has 0 radical (unpaired) electrons. The number of benzene rings is 1. The van der Waals surface area contributed by atoms with E-state index in [0.717, 1.165) is 18.8 Å². The summed E-state index contributed by atoms with van der Waals surface area (Å²) < 4.78 is 10.3. The highest BCUT2D eigenvalue weighted by atomic mass is 16.5. The molecule has 0 amide bonds. The maximum absolute atomic E-state index is 5.21. The summed E-state index contributed by atoms with van der Waals surface area (Å²) in [6, 6.07) is 12.3. The van der Waals surface area contributed by atoms with Gasteiger partial charge < -0.3 is 14.5 Å². The number of ether oxygens (including phenoxy) is 1. The summed E-state index contributed by atoms with van der Waals surface area (Å²) in [7, 11) is 1.71. The molecule has 0 spiro atoms. The molecular weight excluding hydrogens is 238 g/mol. The number of rotatable bonds is 7. The van der Waals surface area contributed by atoms with Crippen molar-refractivity contribution >= 4 is 6.08 Å². The van der Waals surface area contributed by atoms with Crippen LogP contribution in [0.1, 0.15) is 16.9 Å². The average molecular weight is 257 g/mol. The third-order valence-corrected chi connectivity index (χ3v) is 2.75. The fourth-order valence-corrected chi connectivity index (χ4v) is 1.78. The standard InChI is InChI=1S/C16H19NO2/c1-18-13-15-8-6-14(7-9-15)12-17-10-2-4-16-5-3-11-19-16/h2-9,11,17H,10,12-13H2,1H3/b4-2+. The molecule has 2 rings (SSSR count). The van der Waals surface area contributed by atoms with Crippen molar-refractivity contribution in [2.45, 2.75) is 13.2 Å². The van der Waals surface area contributed by atoms with Crippen molar-refractivity contribution in [3.63, 3.8) is 0 Å². The fourth-order valence-electron chi connectivity index (χ4n) is 1.78. The first-order valence-corrected chi connectivity index (χ1v) is 6.36. The SMILES string of the molecule is COCc1ccc(CNC/C=C/c2ccco2)cc1. The van der Waals surface area contributed by atoms with E-state index in [2.05, 4.69) is 35.7 Å². The van der Waals surface area contributed by atoms with Crippen LogP contribution < -0.4 is 5.32 Å². The van der Waals surface area contributed by atoms with Crippen LogP contribution in [-0.2, 0) is 17.9 Å².